The Bertz CT molecular complexity index is 636. The summed E-state index contributed by atoms with van der Waals surface area (Å²) in [6.07, 6.45) is 0.645. The number of halogens is 4. The standard InChI is InChI=1S/C15H16BrCl3N2/c1-10-14(19)13(21(2)20-10)7-15(8-17,9-18)11-4-3-5-12(16)6-11/h3-6H,7-9H2,1-2H3. The highest BCUT2D eigenvalue weighted by molar-refractivity contribution is 9.10. The maximum Gasteiger partial charge on any atom is 0.0847 e. The molecule has 0 saturated carbocycles. The molecule has 0 radical (unpaired) electrons. The molecule has 0 aliphatic carbocycles. The van der Waals surface area contributed by atoms with Crippen LogP contribution < -0.4 is 0 Å². The lowest BCUT2D eigenvalue weighted by Crippen LogP contribution is -2.34. The number of hydrogen-bond donors (Lipinski definition) is 0. The average Bonchev–Trinajstić information content (AvgIpc) is 2.70. The van der Waals surface area contributed by atoms with Gasteiger partial charge >= 0.3 is 0 Å². The Morgan fingerprint density at radius 3 is 2.43 bits per heavy atom. The zero-order valence-electron chi connectivity index (χ0n) is 11.8. The lowest BCUT2D eigenvalue weighted by Gasteiger charge is -2.30. The highest BCUT2D eigenvalue weighted by Crippen LogP contribution is 2.35. The number of benzene rings is 1. The topological polar surface area (TPSA) is 17.8 Å². The molecule has 1 heterocycles. The molecular formula is C15H16BrCl3N2. The van der Waals surface area contributed by atoms with Gasteiger partial charge in [0.15, 0.2) is 0 Å². The van der Waals surface area contributed by atoms with Crippen LogP contribution in [-0.2, 0) is 18.9 Å². The first kappa shape index (κ1) is 17.1. The maximum atomic E-state index is 6.37. The third kappa shape index (κ3) is 3.42. The minimum atomic E-state index is -0.378. The van der Waals surface area contributed by atoms with E-state index < -0.39 is 0 Å². The fraction of sp³-hybridized carbons (Fsp3) is 0.400. The average molecular weight is 411 g/mol. The summed E-state index contributed by atoms with van der Waals surface area (Å²) in [5.74, 6) is 0.820. The molecule has 0 fully saturated rings. The molecule has 1 aromatic heterocycles. The number of aryl methyl sites for hydroxylation is 2. The van der Waals surface area contributed by atoms with Gasteiger partial charge in [-0.05, 0) is 24.6 Å². The molecular weight excluding hydrogens is 394 g/mol. The lowest BCUT2D eigenvalue weighted by molar-refractivity contribution is 0.510. The van der Waals surface area contributed by atoms with E-state index in [1.807, 2.05) is 36.9 Å². The van der Waals surface area contributed by atoms with Crippen LogP contribution in [0.3, 0.4) is 0 Å². The highest BCUT2D eigenvalue weighted by atomic mass is 79.9. The molecule has 21 heavy (non-hydrogen) atoms. The quantitative estimate of drug-likeness (QED) is 0.627. The van der Waals surface area contributed by atoms with Crippen LogP contribution in [0.4, 0.5) is 0 Å². The van der Waals surface area contributed by atoms with Crippen molar-refractivity contribution in [2.45, 2.75) is 18.8 Å². The summed E-state index contributed by atoms with van der Waals surface area (Å²) in [5.41, 5.74) is 2.49. The van der Waals surface area contributed by atoms with Gasteiger partial charge in [0.05, 0.1) is 16.4 Å². The van der Waals surface area contributed by atoms with Crippen molar-refractivity contribution >= 4 is 50.7 Å². The van der Waals surface area contributed by atoms with Crippen LogP contribution in [-0.4, -0.2) is 21.5 Å². The first-order valence-corrected chi connectivity index (χ1v) is 8.73. The number of aromatic nitrogens is 2. The molecule has 1 aromatic carbocycles. The minimum Gasteiger partial charge on any atom is -0.271 e. The normalized spacial score (nSPS) is 11.9. The minimum absolute atomic E-state index is 0.378. The first-order valence-electron chi connectivity index (χ1n) is 6.49. The van der Waals surface area contributed by atoms with Gasteiger partial charge in [-0.25, -0.2) is 0 Å². The summed E-state index contributed by atoms with van der Waals surface area (Å²) in [6.45, 7) is 1.90. The predicted octanol–water partition coefficient (Wildman–Crippen LogP) is 5.10. The second kappa shape index (κ2) is 6.91. The van der Waals surface area contributed by atoms with Crippen molar-refractivity contribution < 1.29 is 0 Å². The molecule has 0 saturated heterocycles. The third-order valence-corrected chi connectivity index (χ3v) is 5.72. The van der Waals surface area contributed by atoms with Crippen LogP contribution in [0.15, 0.2) is 28.7 Å². The van der Waals surface area contributed by atoms with Gasteiger partial charge in [0.25, 0.3) is 0 Å². The van der Waals surface area contributed by atoms with Crippen molar-refractivity contribution in [2.75, 3.05) is 11.8 Å². The second-order valence-electron chi connectivity index (χ2n) is 5.20. The monoisotopic (exact) mass is 408 g/mol. The Kier molecular flexibility index (Phi) is 5.64. The summed E-state index contributed by atoms with van der Waals surface area (Å²) < 4.78 is 2.82. The van der Waals surface area contributed by atoms with Gasteiger partial charge in [0.1, 0.15) is 0 Å². The van der Waals surface area contributed by atoms with E-state index in [4.69, 9.17) is 34.8 Å². The van der Waals surface area contributed by atoms with E-state index in [0.29, 0.717) is 23.2 Å². The van der Waals surface area contributed by atoms with Gasteiger partial charge in [-0.3, -0.25) is 4.68 Å². The molecule has 2 rings (SSSR count). The zero-order valence-corrected chi connectivity index (χ0v) is 15.7. The Labute approximate surface area is 148 Å². The lowest BCUT2D eigenvalue weighted by atomic mass is 9.80. The second-order valence-corrected chi connectivity index (χ2v) is 7.03. The largest absolute Gasteiger partial charge is 0.271 e. The van der Waals surface area contributed by atoms with Crippen molar-refractivity contribution in [1.82, 2.24) is 9.78 Å². The summed E-state index contributed by atoms with van der Waals surface area (Å²) in [5, 5.41) is 5.05. The van der Waals surface area contributed by atoms with E-state index in [1.165, 1.54) is 0 Å². The summed E-state index contributed by atoms with van der Waals surface area (Å²) in [7, 11) is 1.89. The maximum absolute atomic E-state index is 6.37. The van der Waals surface area contributed by atoms with Gasteiger partial charge in [0.2, 0.25) is 0 Å². The summed E-state index contributed by atoms with van der Waals surface area (Å²) in [4.78, 5) is 0. The molecule has 6 heteroatoms. The number of rotatable bonds is 5. The fourth-order valence-electron chi connectivity index (χ4n) is 2.40. The molecule has 0 unspecified atom stereocenters. The number of alkyl halides is 2. The third-order valence-electron chi connectivity index (χ3n) is 3.72. The summed E-state index contributed by atoms with van der Waals surface area (Å²) >= 11 is 22.5. The van der Waals surface area contributed by atoms with Crippen molar-refractivity contribution in [2.24, 2.45) is 7.05 Å². The van der Waals surface area contributed by atoms with Crippen LogP contribution >= 0.6 is 50.7 Å². The molecule has 2 nitrogen and oxygen atoms in total. The molecule has 2 aromatic rings. The predicted molar refractivity (Wildman–Crippen MR) is 93.9 cm³/mol. The van der Waals surface area contributed by atoms with E-state index in [0.717, 1.165) is 21.4 Å². The van der Waals surface area contributed by atoms with Gasteiger partial charge < -0.3 is 0 Å². The Hall–Kier alpha value is -0.220. The van der Waals surface area contributed by atoms with Gasteiger partial charge in [0, 0.05) is 35.1 Å². The van der Waals surface area contributed by atoms with E-state index in [9.17, 15) is 0 Å². The van der Waals surface area contributed by atoms with Crippen molar-refractivity contribution in [3.63, 3.8) is 0 Å². The number of hydrogen-bond acceptors (Lipinski definition) is 1. The van der Waals surface area contributed by atoms with Crippen LogP contribution in [0.2, 0.25) is 5.02 Å². The Morgan fingerprint density at radius 1 is 1.29 bits per heavy atom. The fourth-order valence-corrected chi connectivity index (χ4v) is 3.81. The van der Waals surface area contributed by atoms with Gasteiger partial charge in [-0.15, -0.1) is 23.2 Å². The Balaban J connectivity index is 2.48. The Morgan fingerprint density at radius 2 is 1.95 bits per heavy atom. The highest BCUT2D eigenvalue weighted by Gasteiger charge is 2.33. The SMILES string of the molecule is Cc1nn(C)c(CC(CCl)(CCl)c2cccc(Br)c2)c1Cl. The van der Waals surface area contributed by atoms with E-state index in [2.05, 4.69) is 27.1 Å². The summed E-state index contributed by atoms with van der Waals surface area (Å²) in [6, 6.07) is 8.08. The molecule has 114 valence electrons. The number of nitrogens with zero attached hydrogens (tertiary/aromatic N) is 2. The van der Waals surface area contributed by atoms with Crippen molar-refractivity contribution in [1.29, 1.82) is 0 Å². The molecule has 0 aliphatic heterocycles. The van der Waals surface area contributed by atoms with E-state index in [1.54, 1.807) is 0 Å². The molecule has 0 spiro atoms. The van der Waals surface area contributed by atoms with Gasteiger partial charge in [-0.2, -0.15) is 5.10 Å². The molecule has 0 atom stereocenters. The smallest absolute Gasteiger partial charge is 0.0847 e. The van der Waals surface area contributed by atoms with Gasteiger partial charge in [-0.1, -0.05) is 39.7 Å². The van der Waals surface area contributed by atoms with Crippen LogP contribution in [0.1, 0.15) is 17.0 Å². The van der Waals surface area contributed by atoms with Crippen LogP contribution in [0.5, 0.6) is 0 Å². The van der Waals surface area contributed by atoms with Crippen LogP contribution in [0, 0.1) is 6.92 Å². The molecule has 0 aliphatic rings. The first-order chi connectivity index (χ1) is 9.93. The zero-order chi connectivity index (χ0) is 15.6. The molecule has 0 N–H and O–H groups in total. The van der Waals surface area contributed by atoms with Crippen molar-refractivity contribution in [3.05, 3.63) is 50.7 Å². The molecule has 0 amide bonds. The molecule has 0 bridgehead atoms. The van der Waals surface area contributed by atoms with E-state index >= 15 is 0 Å². The van der Waals surface area contributed by atoms with Crippen molar-refractivity contribution in [3.8, 4) is 0 Å². The van der Waals surface area contributed by atoms with E-state index in [-0.39, 0.29) is 5.41 Å². The van der Waals surface area contributed by atoms with Crippen LogP contribution in [0.25, 0.3) is 0 Å².